The highest BCUT2D eigenvalue weighted by atomic mass is 32.1. The Morgan fingerprint density at radius 2 is 1.17 bits per heavy atom. The fraction of sp³-hybridized carbons (Fsp3) is 0.0612. The van der Waals surface area contributed by atoms with Gasteiger partial charge < -0.3 is 9.47 Å². The van der Waals surface area contributed by atoms with Gasteiger partial charge in [-0.15, -0.1) is 11.3 Å². The summed E-state index contributed by atoms with van der Waals surface area (Å²) in [4.78, 5) is 4.06. The zero-order chi connectivity index (χ0) is 34.4. The summed E-state index contributed by atoms with van der Waals surface area (Å²) in [5.74, 6) is 0. The minimum Gasteiger partial charge on any atom is -0.332 e. The summed E-state index contributed by atoms with van der Waals surface area (Å²) in [6, 6.07) is 62.5. The molecular weight excluding hydrogens is 649 g/mol. The second kappa shape index (κ2) is 11.2. The van der Waals surface area contributed by atoms with E-state index in [9.17, 15) is 0 Å². The fourth-order valence-corrected chi connectivity index (χ4v) is 10.4. The molecule has 11 rings (SSSR count). The molecule has 1 aliphatic heterocycles. The van der Waals surface area contributed by atoms with Crippen molar-refractivity contribution in [1.82, 2.24) is 4.57 Å². The average molecular weight is 683 g/mol. The largest absolute Gasteiger partial charge is 0.332 e. The molecule has 0 N–H and O–H groups in total. The van der Waals surface area contributed by atoms with E-state index in [1.165, 1.54) is 81.5 Å². The highest BCUT2D eigenvalue weighted by Crippen LogP contribution is 2.62. The Labute approximate surface area is 307 Å². The molecule has 0 spiro atoms. The lowest BCUT2D eigenvalue weighted by Gasteiger charge is -2.37. The van der Waals surface area contributed by atoms with Gasteiger partial charge in [0.15, 0.2) is 0 Å². The van der Waals surface area contributed by atoms with E-state index >= 15 is 0 Å². The van der Waals surface area contributed by atoms with Gasteiger partial charge in [-0.05, 0) is 94.9 Å². The number of rotatable bonds is 4. The lowest BCUT2D eigenvalue weighted by atomic mass is 9.73. The van der Waals surface area contributed by atoms with Crippen LogP contribution in [-0.2, 0) is 5.41 Å². The third-order valence-electron chi connectivity index (χ3n) is 11.4. The van der Waals surface area contributed by atoms with E-state index in [4.69, 9.17) is 0 Å². The lowest BCUT2D eigenvalue weighted by molar-refractivity contribution is 0.506. The highest BCUT2D eigenvalue weighted by Gasteiger charge is 2.51. The van der Waals surface area contributed by atoms with Crippen LogP contribution >= 0.6 is 11.3 Å². The van der Waals surface area contributed by atoms with Crippen LogP contribution in [0.5, 0.6) is 0 Å². The van der Waals surface area contributed by atoms with Gasteiger partial charge in [0.25, 0.3) is 0 Å². The van der Waals surface area contributed by atoms with Crippen molar-refractivity contribution in [3.05, 3.63) is 192 Å². The molecule has 3 heteroatoms. The van der Waals surface area contributed by atoms with Crippen LogP contribution in [0.4, 0.5) is 11.4 Å². The molecule has 52 heavy (non-hydrogen) atoms. The molecule has 3 heterocycles. The van der Waals surface area contributed by atoms with E-state index in [1.807, 2.05) is 11.3 Å². The van der Waals surface area contributed by atoms with Crippen LogP contribution in [0, 0.1) is 0 Å². The number of fused-ring (bicyclic) bond motifs is 10. The predicted octanol–water partition coefficient (Wildman–Crippen LogP) is 13.5. The SMILES string of the molecule is CC12C=Cc3c(sc4ccccc34)C1N(c1ccccc1)c1cc3c(cc12)c1ccccc1n3-c1ccc(-c2cccc(-c3ccccc3)c2)cc1. The smallest absolute Gasteiger partial charge is 0.0820 e. The monoisotopic (exact) mass is 682 g/mol. The summed E-state index contributed by atoms with van der Waals surface area (Å²) in [7, 11) is 0. The third-order valence-corrected chi connectivity index (χ3v) is 12.7. The van der Waals surface area contributed by atoms with Gasteiger partial charge in [0.2, 0.25) is 0 Å². The summed E-state index contributed by atoms with van der Waals surface area (Å²) >= 11 is 1.95. The number of aromatic nitrogens is 1. The molecule has 2 aliphatic rings. The third kappa shape index (κ3) is 4.23. The van der Waals surface area contributed by atoms with E-state index < -0.39 is 0 Å². The van der Waals surface area contributed by atoms with Crippen molar-refractivity contribution in [1.29, 1.82) is 0 Å². The molecule has 2 unspecified atom stereocenters. The van der Waals surface area contributed by atoms with Crippen molar-refractivity contribution in [3.63, 3.8) is 0 Å². The minimum atomic E-state index is -0.202. The second-order valence-corrected chi connectivity index (χ2v) is 15.4. The number of hydrogen-bond donors (Lipinski definition) is 0. The highest BCUT2D eigenvalue weighted by molar-refractivity contribution is 7.19. The van der Waals surface area contributed by atoms with Crippen LogP contribution in [0.3, 0.4) is 0 Å². The first-order chi connectivity index (χ1) is 25.7. The van der Waals surface area contributed by atoms with E-state index in [1.54, 1.807) is 0 Å². The molecule has 9 aromatic rings. The molecule has 0 radical (unpaired) electrons. The Morgan fingerprint density at radius 3 is 1.96 bits per heavy atom. The molecule has 0 fully saturated rings. The van der Waals surface area contributed by atoms with Gasteiger partial charge >= 0.3 is 0 Å². The van der Waals surface area contributed by atoms with Crippen molar-refractivity contribution in [2.75, 3.05) is 4.90 Å². The van der Waals surface area contributed by atoms with E-state index in [0.29, 0.717) is 0 Å². The Balaban J connectivity index is 1.10. The maximum Gasteiger partial charge on any atom is 0.0820 e. The molecule has 2 nitrogen and oxygen atoms in total. The van der Waals surface area contributed by atoms with Gasteiger partial charge in [-0.25, -0.2) is 0 Å². The average Bonchev–Trinajstić information content (AvgIpc) is 3.83. The normalized spacial score (nSPS) is 17.5. The minimum absolute atomic E-state index is 0.152. The van der Waals surface area contributed by atoms with Gasteiger partial charge in [-0.3, -0.25) is 0 Å². The quantitative estimate of drug-likeness (QED) is 0.179. The van der Waals surface area contributed by atoms with Crippen LogP contribution in [-0.4, -0.2) is 4.57 Å². The fourth-order valence-electron chi connectivity index (χ4n) is 8.94. The van der Waals surface area contributed by atoms with Crippen molar-refractivity contribution < 1.29 is 0 Å². The van der Waals surface area contributed by atoms with Crippen LogP contribution in [0.25, 0.3) is 65.9 Å². The van der Waals surface area contributed by atoms with Crippen molar-refractivity contribution >= 4 is 60.7 Å². The number of benzene rings is 7. The molecule has 1 aliphatic carbocycles. The Bertz CT molecular complexity index is 2860. The lowest BCUT2D eigenvalue weighted by Crippen LogP contribution is -2.33. The first-order valence-electron chi connectivity index (χ1n) is 18.0. The van der Waals surface area contributed by atoms with Crippen LogP contribution < -0.4 is 4.90 Å². The molecule has 0 saturated carbocycles. The summed E-state index contributed by atoms with van der Waals surface area (Å²) in [6.07, 6.45) is 4.88. The number of hydrogen-bond acceptors (Lipinski definition) is 2. The molecular formula is C49H34N2S. The number of anilines is 2. The molecule has 0 saturated heterocycles. The van der Waals surface area contributed by atoms with E-state index in [-0.39, 0.29) is 11.5 Å². The first kappa shape index (κ1) is 29.6. The molecule has 2 aromatic heterocycles. The Hall–Kier alpha value is -6.16. The van der Waals surface area contributed by atoms with Crippen molar-refractivity contribution in [2.45, 2.75) is 18.4 Å². The topological polar surface area (TPSA) is 8.17 Å². The number of thiophene rings is 1. The van der Waals surface area contributed by atoms with Crippen LogP contribution in [0.1, 0.15) is 29.0 Å². The van der Waals surface area contributed by atoms with Crippen molar-refractivity contribution in [3.8, 4) is 27.9 Å². The zero-order valence-corrected chi connectivity index (χ0v) is 29.5. The zero-order valence-electron chi connectivity index (χ0n) is 28.7. The molecule has 2 atom stereocenters. The van der Waals surface area contributed by atoms with E-state index in [2.05, 4.69) is 198 Å². The van der Waals surface area contributed by atoms with Gasteiger partial charge in [0.1, 0.15) is 0 Å². The summed E-state index contributed by atoms with van der Waals surface area (Å²) in [6.45, 7) is 2.44. The van der Waals surface area contributed by atoms with Crippen LogP contribution in [0.2, 0.25) is 0 Å². The summed E-state index contributed by atoms with van der Waals surface area (Å²) in [5, 5.41) is 3.92. The number of para-hydroxylation sites is 2. The summed E-state index contributed by atoms with van der Waals surface area (Å²) in [5.41, 5.74) is 13.5. The maximum absolute atomic E-state index is 2.62. The standard InChI is InChI=1S/C49H34N2S/c1-49-28-27-40-39-20-9-11-22-46(39)52-47(40)48(49)51(36-17-6-3-7-18-36)45-31-44-41(30-42(45)49)38-19-8-10-21-43(38)50(44)37-25-23-33(24-26-37)35-16-12-15-34(29-35)32-13-4-2-5-14-32/h2-31,48H,1H3. The van der Waals surface area contributed by atoms with Gasteiger partial charge in [0, 0.05) is 48.2 Å². The van der Waals surface area contributed by atoms with Crippen molar-refractivity contribution in [2.24, 2.45) is 0 Å². The van der Waals surface area contributed by atoms with E-state index in [0.717, 1.165) is 5.69 Å². The summed E-state index contributed by atoms with van der Waals surface area (Å²) < 4.78 is 3.81. The second-order valence-electron chi connectivity index (χ2n) is 14.3. The molecule has 0 bridgehead atoms. The predicted molar refractivity (Wildman–Crippen MR) is 221 cm³/mol. The molecule has 0 amide bonds. The number of nitrogens with zero attached hydrogens (tertiary/aromatic N) is 2. The maximum atomic E-state index is 2.62. The van der Waals surface area contributed by atoms with Crippen LogP contribution in [0.15, 0.2) is 176 Å². The molecule has 246 valence electrons. The Morgan fingerprint density at radius 1 is 0.519 bits per heavy atom. The first-order valence-corrected chi connectivity index (χ1v) is 18.9. The van der Waals surface area contributed by atoms with Gasteiger partial charge in [-0.1, -0.05) is 127 Å². The molecule has 7 aromatic carbocycles. The van der Waals surface area contributed by atoms with Gasteiger partial charge in [-0.2, -0.15) is 0 Å². The Kier molecular flexibility index (Phi) is 6.35. The van der Waals surface area contributed by atoms with Gasteiger partial charge in [0.05, 0.1) is 17.1 Å².